The molecule has 1 aliphatic rings. The SMILES string of the molecule is CC#CC(NC(=O)C(O)(c1ccccc1)C1CCCCC1)Nc1ccc(C)cc1.Cl. The minimum absolute atomic E-state index is 0. The molecule has 4 nitrogen and oxygen atoms in total. The fraction of sp³-hybridized carbons (Fsp3) is 0.400. The van der Waals surface area contributed by atoms with Crippen LogP contribution in [0.3, 0.4) is 0 Å². The van der Waals surface area contributed by atoms with Crippen molar-refractivity contribution in [1.82, 2.24) is 5.32 Å². The number of rotatable bonds is 6. The molecule has 0 radical (unpaired) electrons. The van der Waals surface area contributed by atoms with Crippen LogP contribution in [0, 0.1) is 24.7 Å². The van der Waals surface area contributed by atoms with Gasteiger partial charge in [0.2, 0.25) is 0 Å². The lowest BCUT2D eigenvalue weighted by Crippen LogP contribution is -2.54. The number of hydrogen-bond donors (Lipinski definition) is 3. The third kappa shape index (κ3) is 5.56. The molecule has 0 heterocycles. The van der Waals surface area contributed by atoms with E-state index in [9.17, 15) is 9.90 Å². The van der Waals surface area contributed by atoms with E-state index in [1.165, 1.54) is 0 Å². The molecular weight excluding hydrogens is 396 g/mol. The molecule has 0 spiro atoms. The first kappa shape index (κ1) is 23.8. The molecule has 30 heavy (non-hydrogen) atoms. The summed E-state index contributed by atoms with van der Waals surface area (Å²) in [6.07, 6.45) is 4.32. The molecule has 1 amide bonds. The van der Waals surface area contributed by atoms with Crippen molar-refractivity contribution in [2.45, 2.75) is 57.7 Å². The number of nitrogens with one attached hydrogen (secondary N) is 2. The zero-order valence-corrected chi connectivity index (χ0v) is 18.5. The van der Waals surface area contributed by atoms with E-state index in [1.807, 2.05) is 61.5 Å². The molecule has 0 saturated heterocycles. The minimum Gasteiger partial charge on any atom is -0.375 e. The molecule has 5 heteroatoms. The largest absolute Gasteiger partial charge is 0.375 e. The van der Waals surface area contributed by atoms with Crippen molar-refractivity contribution >= 4 is 24.0 Å². The third-order valence-electron chi connectivity index (χ3n) is 5.68. The Morgan fingerprint density at radius 2 is 1.70 bits per heavy atom. The highest BCUT2D eigenvalue weighted by atomic mass is 35.5. The molecular formula is C25H31ClN2O2. The van der Waals surface area contributed by atoms with Gasteiger partial charge in [0.15, 0.2) is 11.8 Å². The number of benzene rings is 2. The molecule has 0 bridgehead atoms. The monoisotopic (exact) mass is 426 g/mol. The second-order valence-corrected chi connectivity index (χ2v) is 7.78. The Bertz CT molecular complexity index is 868. The van der Waals surface area contributed by atoms with Gasteiger partial charge in [0.05, 0.1) is 0 Å². The van der Waals surface area contributed by atoms with E-state index >= 15 is 0 Å². The van der Waals surface area contributed by atoms with Gasteiger partial charge >= 0.3 is 0 Å². The van der Waals surface area contributed by atoms with E-state index in [0.29, 0.717) is 5.56 Å². The van der Waals surface area contributed by atoms with Crippen molar-refractivity contribution in [1.29, 1.82) is 0 Å². The van der Waals surface area contributed by atoms with E-state index in [0.717, 1.165) is 43.4 Å². The molecule has 2 unspecified atom stereocenters. The molecule has 3 N–H and O–H groups in total. The van der Waals surface area contributed by atoms with Crippen molar-refractivity contribution in [3.05, 3.63) is 65.7 Å². The number of carbonyl (C=O) groups is 1. The zero-order valence-electron chi connectivity index (χ0n) is 17.7. The van der Waals surface area contributed by atoms with E-state index in [-0.39, 0.29) is 18.3 Å². The summed E-state index contributed by atoms with van der Waals surface area (Å²) in [6.45, 7) is 3.76. The van der Waals surface area contributed by atoms with Crippen LogP contribution < -0.4 is 10.6 Å². The smallest absolute Gasteiger partial charge is 0.259 e. The van der Waals surface area contributed by atoms with Gasteiger partial charge in [-0.25, -0.2) is 0 Å². The molecule has 1 saturated carbocycles. The van der Waals surface area contributed by atoms with Gasteiger partial charge in [0, 0.05) is 11.6 Å². The van der Waals surface area contributed by atoms with Crippen LogP contribution in [-0.2, 0) is 10.4 Å². The summed E-state index contributed by atoms with van der Waals surface area (Å²) in [4.78, 5) is 13.4. The van der Waals surface area contributed by atoms with Crippen LogP contribution in [-0.4, -0.2) is 17.2 Å². The number of hydrogen-bond acceptors (Lipinski definition) is 3. The predicted octanol–water partition coefficient (Wildman–Crippen LogP) is 4.76. The van der Waals surface area contributed by atoms with E-state index in [4.69, 9.17) is 0 Å². The fourth-order valence-corrected chi connectivity index (χ4v) is 4.07. The average molecular weight is 427 g/mol. The summed E-state index contributed by atoms with van der Waals surface area (Å²) in [7, 11) is 0. The highest BCUT2D eigenvalue weighted by molar-refractivity contribution is 5.87. The number of anilines is 1. The van der Waals surface area contributed by atoms with Crippen molar-refractivity contribution in [3.8, 4) is 11.8 Å². The normalized spacial score (nSPS) is 16.8. The molecule has 0 aliphatic heterocycles. The highest BCUT2D eigenvalue weighted by Gasteiger charge is 2.46. The summed E-state index contributed by atoms with van der Waals surface area (Å²) in [5.74, 6) is 5.36. The molecule has 2 aromatic rings. The van der Waals surface area contributed by atoms with Crippen LogP contribution in [0.4, 0.5) is 5.69 Å². The van der Waals surface area contributed by atoms with Gasteiger partial charge in [0.1, 0.15) is 0 Å². The quantitative estimate of drug-likeness (QED) is 0.461. The number of aryl methyl sites for hydroxylation is 1. The van der Waals surface area contributed by atoms with E-state index in [1.54, 1.807) is 6.92 Å². The summed E-state index contributed by atoms with van der Waals surface area (Å²) in [5.41, 5.74) is 1.10. The number of halogens is 1. The second kappa shape index (κ2) is 11.1. The minimum atomic E-state index is -1.57. The summed E-state index contributed by atoms with van der Waals surface area (Å²) < 4.78 is 0. The first-order valence-electron chi connectivity index (χ1n) is 10.4. The lowest BCUT2D eigenvalue weighted by atomic mass is 9.73. The molecule has 0 aromatic heterocycles. The number of carbonyl (C=O) groups excluding carboxylic acids is 1. The van der Waals surface area contributed by atoms with Crippen molar-refractivity contribution in [2.24, 2.45) is 5.92 Å². The Kier molecular flexibility index (Phi) is 8.77. The van der Waals surface area contributed by atoms with Gasteiger partial charge in [-0.15, -0.1) is 18.3 Å². The Hall–Kier alpha value is -2.48. The Morgan fingerprint density at radius 1 is 1.07 bits per heavy atom. The van der Waals surface area contributed by atoms with Crippen molar-refractivity contribution in [2.75, 3.05) is 5.32 Å². The lowest BCUT2D eigenvalue weighted by molar-refractivity contribution is -0.149. The maximum atomic E-state index is 13.4. The van der Waals surface area contributed by atoms with Crippen molar-refractivity contribution < 1.29 is 9.90 Å². The van der Waals surface area contributed by atoms with Gasteiger partial charge in [-0.05, 0) is 44.4 Å². The summed E-state index contributed by atoms with van der Waals surface area (Å²) >= 11 is 0. The highest BCUT2D eigenvalue weighted by Crippen LogP contribution is 2.39. The molecule has 160 valence electrons. The third-order valence-corrected chi connectivity index (χ3v) is 5.68. The number of aliphatic hydroxyl groups is 1. The predicted molar refractivity (Wildman–Crippen MR) is 124 cm³/mol. The lowest BCUT2D eigenvalue weighted by Gasteiger charge is -2.38. The second-order valence-electron chi connectivity index (χ2n) is 7.78. The molecule has 2 aromatic carbocycles. The summed E-state index contributed by atoms with van der Waals surface area (Å²) in [5, 5.41) is 17.9. The van der Waals surface area contributed by atoms with Crippen LogP contribution >= 0.6 is 12.4 Å². The molecule has 3 rings (SSSR count). The first-order valence-corrected chi connectivity index (χ1v) is 10.4. The topological polar surface area (TPSA) is 61.4 Å². The molecule has 1 aliphatic carbocycles. The van der Waals surface area contributed by atoms with Crippen LogP contribution in [0.15, 0.2) is 54.6 Å². The Morgan fingerprint density at radius 3 is 2.30 bits per heavy atom. The fourth-order valence-electron chi connectivity index (χ4n) is 4.07. The van der Waals surface area contributed by atoms with Crippen LogP contribution in [0.5, 0.6) is 0 Å². The van der Waals surface area contributed by atoms with Crippen LogP contribution in [0.2, 0.25) is 0 Å². The number of amides is 1. The Balaban J connectivity index is 0.00000320. The van der Waals surface area contributed by atoms with Gasteiger partial charge in [0.25, 0.3) is 5.91 Å². The maximum absolute atomic E-state index is 13.4. The van der Waals surface area contributed by atoms with Gasteiger partial charge in [-0.2, -0.15) is 0 Å². The molecule has 2 atom stereocenters. The van der Waals surface area contributed by atoms with E-state index in [2.05, 4.69) is 22.5 Å². The molecule has 1 fully saturated rings. The van der Waals surface area contributed by atoms with Gasteiger partial charge in [-0.3, -0.25) is 4.79 Å². The maximum Gasteiger partial charge on any atom is 0.259 e. The van der Waals surface area contributed by atoms with Crippen LogP contribution in [0.25, 0.3) is 0 Å². The van der Waals surface area contributed by atoms with E-state index < -0.39 is 17.7 Å². The van der Waals surface area contributed by atoms with Gasteiger partial charge in [-0.1, -0.05) is 73.2 Å². The average Bonchev–Trinajstić information content (AvgIpc) is 2.76. The standard InChI is InChI=1S/C25H30N2O2.ClH/c1-3-10-23(26-22-17-15-19(2)16-18-22)27-24(28)25(29,20-11-6-4-7-12-20)21-13-8-5-9-14-21;/h4,6-7,11-12,15-18,21,23,26,29H,5,8-9,13-14H2,1-2H3,(H,27,28);1H. The Labute approximate surface area is 185 Å². The van der Waals surface area contributed by atoms with Crippen LogP contribution in [0.1, 0.15) is 50.2 Å². The van der Waals surface area contributed by atoms with Gasteiger partial charge < -0.3 is 15.7 Å². The van der Waals surface area contributed by atoms with Crippen molar-refractivity contribution in [3.63, 3.8) is 0 Å². The zero-order chi connectivity index (χ0) is 20.7. The summed E-state index contributed by atoms with van der Waals surface area (Å²) in [6, 6.07) is 17.2. The first-order chi connectivity index (χ1) is 14.0.